The van der Waals surface area contributed by atoms with Crippen LogP contribution in [0.1, 0.15) is 26.3 Å². The highest BCUT2D eigenvalue weighted by Gasteiger charge is 2.39. The van der Waals surface area contributed by atoms with Crippen molar-refractivity contribution in [1.29, 1.82) is 0 Å². The van der Waals surface area contributed by atoms with E-state index in [1.165, 1.54) is 37.4 Å². The van der Waals surface area contributed by atoms with Crippen LogP contribution < -0.4 is 20.3 Å². The monoisotopic (exact) mass is 581 g/mol. The van der Waals surface area contributed by atoms with Crippen molar-refractivity contribution in [2.45, 2.75) is 6.61 Å². The first-order valence-electron chi connectivity index (χ1n) is 12.8. The van der Waals surface area contributed by atoms with Crippen molar-refractivity contribution in [2.24, 2.45) is 0 Å². The molecule has 0 atom stereocenters. The van der Waals surface area contributed by atoms with Gasteiger partial charge in [0.25, 0.3) is 17.7 Å². The van der Waals surface area contributed by atoms with Crippen LogP contribution in [0.15, 0.2) is 114 Å². The highest BCUT2D eigenvalue weighted by molar-refractivity contribution is 6.53. The highest BCUT2D eigenvalue weighted by atomic mass is 35.5. The van der Waals surface area contributed by atoms with Gasteiger partial charge in [-0.3, -0.25) is 14.4 Å². The second-order valence-electron chi connectivity index (χ2n) is 9.13. The quantitative estimate of drug-likeness (QED) is 0.191. The Morgan fingerprint density at radius 1 is 0.786 bits per heavy atom. The van der Waals surface area contributed by atoms with E-state index in [9.17, 15) is 19.2 Å². The molecule has 0 aliphatic carbocycles. The van der Waals surface area contributed by atoms with Gasteiger partial charge in [0.15, 0.2) is 0 Å². The summed E-state index contributed by atoms with van der Waals surface area (Å²) in [5, 5.41) is 5.39. The van der Waals surface area contributed by atoms with E-state index in [0.717, 1.165) is 10.5 Å². The molecule has 0 bridgehead atoms. The zero-order valence-corrected chi connectivity index (χ0v) is 23.1. The summed E-state index contributed by atoms with van der Waals surface area (Å²) >= 11 is 6.24. The number of anilines is 3. The molecule has 0 radical (unpaired) electrons. The second kappa shape index (κ2) is 12.4. The summed E-state index contributed by atoms with van der Waals surface area (Å²) in [4.78, 5) is 51.5. The van der Waals surface area contributed by atoms with E-state index in [0.29, 0.717) is 29.3 Å². The number of nitrogens with zero attached hydrogens (tertiary/aromatic N) is 1. The van der Waals surface area contributed by atoms with Crippen molar-refractivity contribution in [1.82, 2.24) is 0 Å². The molecule has 0 aromatic heterocycles. The van der Waals surface area contributed by atoms with Crippen molar-refractivity contribution >= 4 is 52.4 Å². The lowest BCUT2D eigenvalue weighted by atomic mass is 10.1. The molecule has 5 rings (SSSR count). The maximum atomic E-state index is 13.1. The molecule has 42 heavy (non-hydrogen) atoms. The summed E-state index contributed by atoms with van der Waals surface area (Å²) < 4.78 is 10.5. The lowest BCUT2D eigenvalue weighted by Crippen LogP contribution is -2.32. The van der Waals surface area contributed by atoms with E-state index >= 15 is 0 Å². The molecule has 10 heteroatoms. The molecule has 0 saturated carbocycles. The zero-order chi connectivity index (χ0) is 29.6. The van der Waals surface area contributed by atoms with Crippen molar-refractivity contribution in [3.8, 4) is 5.75 Å². The highest BCUT2D eigenvalue weighted by Crippen LogP contribution is 2.30. The smallest absolute Gasteiger partial charge is 0.337 e. The van der Waals surface area contributed by atoms with Crippen LogP contribution >= 0.6 is 11.6 Å². The van der Waals surface area contributed by atoms with E-state index in [4.69, 9.17) is 16.3 Å². The lowest BCUT2D eigenvalue weighted by Gasteiger charge is -2.15. The third-order valence-corrected chi connectivity index (χ3v) is 6.68. The van der Waals surface area contributed by atoms with E-state index in [2.05, 4.69) is 15.4 Å². The van der Waals surface area contributed by atoms with Gasteiger partial charge >= 0.3 is 5.97 Å². The number of ether oxygens (including phenoxy) is 2. The minimum Gasteiger partial charge on any atom is -0.489 e. The first kappa shape index (κ1) is 28.1. The number of hydrogen-bond donors (Lipinski definition) is 2. The van der Waals surface area contributed by atoms with Crippen LogP contribution in [0.25, 0.3) is 0 Å². The number of amides is 3. The summed E-state index contributed by atoms with van der Waals surface area (Å²) in [6.07, 6.45) is 0. The average molecular weight is 582 g/mol. The van der Waals surface area contributed by atoms with E-state index < -0.39 is 17.8 Å². The molecule has 1 aliphatic heterocycles. The number of imide groups is 1. The van der Waals surface area contributed by atoms with E-state index in [1.54, 1.807) is 42.5 Å². The fraction of sp³-hybridized carbons (Fsp3) is 0.0625. The summed E-state index contributed by atoms with van der Waals surface area (Å²) in [6.45, 7) is 0.431. The molecule has 0 saturated heterocycles. The maximum absolute atomic E-state index is 13.1. The van der Waals surface area contributed by atoms with Gasteiger partial charge < -0.3 is 20.1 Å². The number of halogens is 1. The number of carbonyl (C=O) groups is 4. The number of nitrogens with one attached hydrogen (secondary N) is 2. The molecule has 0 unspecified atom stereocenters. The van der Waals surface area contributed by atoms with Gasteiger partial charge in [-0.25, -0.2) is 9.69 Å². The van der Waals surface area contributed by atoms with E-state index in [1.807, 2.05) is 30.3 Å². The van der Waals surface area contributed by atoms with Crippen LogP contribution in [0.5, 0.6) is 5.75 Å². The van der Waals surface area contributed by atoms with Gasteiger partial charge in [0, 0.05) is 16.9 Å². The maximum Gasteiger partial charge on any atom is 0.337 e. The molecule has 4 aromatic rings. The summed E-state index contributed by atoms with van der Waals surface area (Å²) in [7, 11) is 1.25. The predicted octanol–water partition coefficient (Wildman–Crippen LogP) is 5.74. The molecule has 1 aliphatic rings. The second-order valence-corrected chi connectivity index (χ2v) is 9.51. The number of esters is 1. The topological polar surface area (TPSA) is 114 Å². The number of hydrogen-bond acceptors (Lipinski definition) is 7. The van der Waals surface area contributed by atoms with Crippen molar-refractivity contribution in [2.75, 3.05) is 22.6 Å². The third-order valence-electron chi connectivity index (χ3n) is 6.33. The van der Waals surface area contributed by atoms with Gasteiger partial charge in [-0.1, -0.05) is 48.0 Å². The molecule has 4 aromatic carbocycles. The SMILES string of the molecule is COC(=O)c1ccc(N2C(=O)C(Cl)=C(Nc3cccc(C(=O)Nc4ccc(OCc5ccccc5)cc4)c3)C2=O)cc1. The van der Waals surface area contributed by atoms with Crippen molar-refractivity contribution < 1.29 is 28.7 Å². The number of carbonyl (C=O) groups excluding carboxylic acids is 4. The Bertz CT molecular complexity index is 1690. The predicted molar refractivity (Wildman–Crippen MR) is 158 cm³/mol. The Balaban J connectivity index is 1.23. The summed E-state index contributed by atoms with van der Waals surface area (Å²) in [5.41, 5.74) is 2.67. The molecule has 1 heterocycles. The summed E-state index contributed by atoms with van der Waals surface area (Å²) in [6, 6.07) is 29.0. The molecule has 9 nitrogen and oxygen atoms in total. The van der Waals surface area contributed by atoms with Crippen LogP contribution in [0.4, 0.5) is 17.1 Å². The number of rotatable bonds is 9. The molecule has 3 amide bonds. The van der Waals surface area contributed by atoms with Crippen LogP contribution in [-0.4, -0.2) is 30.8 Å². The van der Waals surface area contributed by atoms with Crippen LogP contribution in [0.2, 0.25) is 0 Å². The Labute approximate surface area is 246 Å². The lowest BCUT2D eigenvalue weighted by molar-refractivity contribution is -0.120. The molecule has 0 spiro atoms. The number of methoxy groups -OCH3 is 1. The first-order valence-corrected chi connectivity index (χ1v) is 13.1. The standard InChI is InChI=1S/C32H24ClN3O6/c1-41-32(40)21-10-14-25(15-11-21)36-30(38)27(33)28(31(36)39)34-24-9-5-8-22(18-24)29(37)35-23-12-16-26(17-13-23)42-19-20-6-3-2-4-7-20/h2-18,34H,19H2,1H3,(H,35,37). The minimum atomic E-state index is -0.722. The van der Waals surface area contributed by atoms with Crippen molar-refractivity contribution in [3.63, 3.8) is 0 Å². The molecule has 0 fully saturated rings. The third kappa shape index (κ3) is 6.16. The largest absolute Gasteiger partial charge is 0.489 e. The fourth-order valence-electron chi connectivity index (χ4n) is 4.17. The first-order chi connectivity index (χ1) is 20.3. The van der Waals surface area contributed by atoms with Gasteiger partial charge in [0.05, 0.1) is 18.4 Å². The Morgan fingerprint density at radius 3 is 2.19 bits per heavy atom. The van der Waals surface area contributed by atoms with Gasteiger partial charge in [0.2, 0.25) is 0 Å². The van der Waals surface area contributed by atoms with Gasteiger partial charge in [0.1, 0.15) is 23.1 Å². The molecule has 2 N–H and O–H groups in total. The van der Waals surface area contributed by atoms with Gasteiger partial charge in [-0.15, -0.1) is 0 Å². The number of benzene rings is 4. The molecular weight excluding hydrogens is 558 g/mol. The van der Waals surface area contributed by atoms with Crippen LogP contribution in [-0.2, 0) is 20.9 Å². The van der Waals surface area contributed by atoms with Gasteiger partial charge in [-0.2, -0.15) is 0 Å². The average Bonchev–Trinajstić information content (AvgIpc) is 3.23. The molecule has 210 valence electrons. The Morgan fingerprint density at radius 2 is 1.50 bits per heavy atom. The normalized spacial score (nSPS) is 12.8. The van der Waals surface area contributed by atoms with Crippen LogP contribution in [0.3, 0.4) is 0 Å². The fourth-order valence-corrected chi connectivity index (χ4v) is 4.38. The van der Waals surface area contributed by atoms with Crippen molar-refractivity contribution in [3.05, 3.63) is 131 Å². The molecular formula is C32H24ClN3O6. The Kier molecular flexibility index (Phi) is 8.31. The van der Waals surface area contributed by atoms with Crippen LogP contribution in [0, 0.1) is 0 Å². The minimum absolute atomic E-state index is 0.137. The van der Waals surface area contributed by atoms with Gasteiger partial charge in [-0.05, 0) is 72.3 Å². The summed E-state index contributed by atoms with van der Waals surface area (Å²) in [5.74, 6) is -1.66. The zero-order valence-electron chi connectivity index (χ0n) is 22.3. The Hall–Kier alpha value is -5.41. The van der Waals surface area contributed by atoms with E-state index in [-0.39, 0.29) is 27.9 Å².